The Labute approximate surface area is 174 Å². The van der Waals surface area contributed by atoms with Crippen LogP contribution in [0.15, 0.2) is 44.1 Å². The molecule has 0 fully saturated rings. The fourth-order valence-electron chi connectivity index (χ4n) is 3.73. The molecule has 0 bridgehead atoms. The highest BCUT2D eigenvalue weighted by Gasteiger charge is 2.18. The highest BCUT2D eigenvalue weighted by molar-refractivity contribution is 5.97. The molecule has 0 amide bonds. The monoisotopic (exact) mass is 406 g/mol. The topological polar surface area (TPSA) is 88.5 Å². The summed E-state index contributed by atoms with van der Waals surface area (Å²) >= 11 is 0. The predicted molar refractivity (Wildman–Crippen MR) is 118 cm³/mol. The Morgan fingerprint density at radius 2 is 1.90 bits per heavy atom. The molecule has 0 saturated heterocycles. The zero-order valence-corrected chi connectivity index (χ0v) is 17.7. The molecular weight excluding hydrogens is 380 g/mol. The van der Waals surface area contributed by atoms with Gasteiger partial charge >= 0.3 is 5.63 Å². The Hall–Kier alpha value is -2.96. The largest absolute Gasteiger partial charge is 0.454 e. The number of rotatable bonds is 6. The number of fused-ring (bicyclic) bond motifs is 2. The Bertz CT molecular complexity index is 1280. The first-order chi connectivity index (χ1) is 14.4. The normalized spacial score (nSPS) is 12.7. The first-order valence-electron chi connectivity index (χ1n) is 10.2. The predicted octanol–water partition coefficient (Wildman–Crippen LogP) is 4.39. The average molecular weight is 406 g/mol. The number of benzene rings is 1. The number of hydrogen-bond acceptors (Lipinski definition) is 6. The third kappa shape index (κ3) is 3.53. The van der Waals surface area contributed by atoms with E-state index in [2.05, 4.69) is 10.3 Å². The number of aromatic nitrogens is 1. The first-order valence-corrected chi connectivity index (χ1v) is 10.2. The Morgan fingerprint density at radius 1 is 1.10 bits per heavy atom. The van der Waals surface area contributed by atoms with Gasteiger partial charge in [0.2, 0.25) is 0 Å². The second kappa shape index (κ2) is 8.05. The van der Waals surface area contributed by atoms with Gasteiger partial charge in [0.25, 0.3) is 0 Å². The van der Waals surface area contributed by atoms with Crippen LogP contribution in [0, 0.1) is 20.8 Å². The summed E-state index contributed by atoms with van der Waals surface area (Å²) in [6, 6.07) is 7.45. The van der Waals surface area contributed by atoms with Gasteiger partial charge in [-0.1, -0.05) is 19.1 Å². The van der Waals surface area contributed by atoms with Crippen molar-refractivity contribution in [3.05, 3.63) is 63.3 Å². The summed E-state index contributed by atoms with van der Waals surface area (Å²) in [5, 5.41) is 14.6. The first kappa shape index (κ1) is 20.3. The Balaban J connectivity index is 1.87. The lowest BCUT2D eigenvalue weighted by Crippen LogP contribution is -2.31. The molecule has 156 valence electrons. The van der Waals surface area contributed by atoms with E-state index in [1.165, 1.54) is 6.07 Å². The van der Waals surface area contributed by atoms with Gasteiger partial charge in [-0.25, -0.2) is 4.79 Å². The maximum Gasteiger partial charge on any atom is 0.336 e. The van der Waals surface area contributed by atoms with Gasteiger partial charge in [0.15, 0.2) is 5.58 Å². The molecule has 0 unspecified atom stereocenters. The molecule has 0 saturated carbocycles. The fraction of sp³-hybridized carbons (Fsp3) is 0.333. The van der Waals surface area contributed by atoms with Crippen molar-refractivity contribution in [2.24, 2.45) is 0 Å². The van der Waals surface area contributed by atoms with Crippen LogP contribution < -0.4 is 10.9 Å². The number of furan rings is 1. The number of aryl methyl sites for hydroxylation is 3. The van der Waals surface area contributed by atoms with Crippen LogP contribution >= 0.6 is 0 Å². The average Bonchev–Trinajstić information content (AvgIpc) is 3.19. The van der Waals surface area contributed by atoms with Crippen LogP contribution in [0.5, 0.6) is 0 Å². The van der Waals surface area contributed by atoms with Gasteiger partial charge < -0.3 is 19.3 Å². The standard InChI is InChI=1S/C24H26N2O4/c1-5-17(12-27)26-11-16-10-25-15(4)24-19(16)8-21(29-24)20-9-22(28)30-23-14(3)13(2)6-7-18(20)23/h6-10,17,26-27H,5,11-12H2,1-4H3/t17-/m0/s1. The van der Waals surface area contributed by atoms with Crippen molar-refractivity contribution in [2.75, 3.05) is 6.61 Å². The van der Waals surface area contributed by atoms with Crippen molar-refractivity contribution in [2.45, 2.75) is 46.7 Å². The molecule has 30 heavy (non-hydrogen) atoms. The SMILES string of the molecule is CC[C@@H](CO)NCc1cnc(C)c2oc(-c3cc(=O)oc4c(C)c(C)ccc34)cc12. The summed E-state index contributed by atoms with van der Waals surface area (Å²) in [6.45, 7) is 8.53. The van der Waals surface area contributed by atoms with Crippen LogP contribution in [0.25, 0.3) is 33.3 Å². The molecule has 0 spiro atoms. The molecule has 6 nitrogen and oxygen atoms in total. The van der Waals surface area contributed by atoms with E-state index in [0.29, 0.717) is 29.0 Å². The summed E-state index contributed by atoms with van der Waals surface area (Å²) in [4.78, 5) is 16.8. The van der Waals surface area contributed by atoms with E-state index in [9.17, 15) is 9.90 Å². The number of aliphatic hydroxyl groups excluding tert-OH is 1. The Kier molecular flexibility index (Phi) is 5.45. The second-order valence-electron chi connectivity index (χ2n) is 7.75. The minimum atomic E-state index is -0.405. The maximum absolute atomic E-state index is 12.3. The molecule has 2 N–H and O–H groups in total. The van der Waals surface area contributed by atoms with Crippen LogP contribution in [0.1, 0.15) is 35.7 Å². The molecule has 6 heteroatoms. The van der Waals surface area contributed by atoms with Gasteiger partial charge in [-0.05, 0) is 49.9 Å². The van der Waals surface area contributed by atoms with Crippen LogP contribution in [-0.4, -0.2) is 22.7 Å². The number of pyridine rings is 1. The quantitative estimate of drug-likeness (QED) is 0.462. The number of nitrogens with one attached hydrogen (secondary N) is 1. The molecule has 1 aromatic carbocycles. The lowest BCUT2D eigenvalue weighted by atomic mass is 10.0. The van der Waals surface area contributed by atoms with Crippen molar-refractivity contribution < 1.29 is 13.9 Å². The van der Waals surface area contributed by atoms with Crippen LogP contribution in [0.4, 0.5) is 0 Å². The van der Waals surface area contributed by atoms with E-state index in [-0.39, 0.29) is 12.6 Å². The molecule has 3 heterocycles. The van der Waals surface area contributed by atoms with Crippen molar-refractivity contribution in [3.8, 4) is 11.3 Å². The van der Waals surface area contributed by atoms with Crippen molar-refractivity contribution in [1.29, 1.82) is 0 Å². The van der Waals surface area contributed by atoms with Gasteiger partial charge in [0.1, 0.15) is 11.3 Å². The third-order valence-electron chi connectivity index (χ3n) is 5.81. The molecule has 3 aromatic heterocycles. The van der Waals surface area contributed by atoms with Gasteiger partial charge in [-0.15, -0.1) is 0 Å². The smallest absolute Gasteiger partial charge is 0.336 e. The summed E-state index contributed by atoms with van der Waals surface area (Å²) < 4.78 is 11.7. The highest BCUT2D eigenvalue weighted by atomic mass is 16.4. The van der Waals surface area contributed by atoms with Crippen molar-refractivity contribution >= 4 is 21.9 Å². The second-order valence-corrected chi connectivity index (χ2v) is 7.75. The van der Waals surface area contributed by atoms with Crippen molar-refractivity contribution in [3.63, 3.8) is 0 Å². The van der Waals surface area contributed by atoms with Crippen LogP contribution in [0.3, 0.4) is 0 Å². The minimum Gasteiger partial charge on any atom is -0.454 e. The third-order valence-corrected chi connectivity index (χ3v) is 5.81. The van der Waals surface area contributed by atoms with E-state index >= 15 is 0 Å². The van der Waals surface area contributed by atoms with E-state index in [0.717, 1.165) is 39.6 Å². The van der Waals surface area contributed by atoms with Crippen LogP contribution in [0.2, 0.25) is 0 Å². The van der Waals surface area contributed by atoms with Gasteiger partial charge in [0.05, 0.1) is 12.3 Å². The van der Waals surface area contributed by atoms with E-state index in [1.54, 1.807) is 0 Å². The van der Waals surface area contributed by atoms with Crippen molar-refractivity contribution in [1.82, 2.24) is 10.3 Å². The summed E-state index contributed by atoms with van der Waals surface area (Å²) in [5.74, 6) is 0.609. The summed E-state index contributed by atoms with van der Waals surface area (Å²) in [7, 11) is 0. The highest BCUT2D eigenvalue weighted by Crippen LogP contribution is 2.35. The molecule has 0 aliphatic heterocycles. The van der Waals surface area contributed by atoms with E-state index in [1.807, 2.05) is 52.1 Å². The maximum atomic E-state index is 12.3. The lowest BCUT2D eigenvalue weighted by Gasteiger charge is -2.14. The molecule has 4 aromatic rings. The van der Waals surface area contributed by atoms with Gasteiger partial charge in [-0.2, -0.15) is 0 Å². The summed E-state index contributed by atoms with van der Waals surface area (Å²) in [6.07, 6.45) is 2.67. The molecule has 4 rings (SSSR count). The summed E-state index contributed by atoms with van der Waals surface area (Å²) in [5.41, 5.74) is 5.37. The Morgan fingerprint density at radius 3 is 2.63 bits per heavy atom. The zero-order chi connectivity index (χ0) is 21.4. The number of hydrogen-bond donors (Lipinski definition) is 2. The number of nitrogens with zero attached hydrogens (tertiary/aromatic N) is 1. The fourth-order valence-corrected chi connectivity index (χ4v) is 3.73. The minimum absolute atomic E-state index is 0.0293. The van der Waals surface area contributed by atoms with E-state index < -0.39 is 5.63 Å². The molecule has 0 aliphatic carbocycles. The molecule has 0 radical (unpaired) electrons. The molecule has 0 aliphatic rings. The molecular formula is C24H26N2O4. The van der Waals surface area contributed by atoms with E-state index in [4.69, 9.17) is 8.83 Å². The van der Waals surface area contributed by atoms with Gasteiger partial charge in [0, 0.05) is 41.2 Å². The zero-order valence-electron chi connectivity index (χ0n) is 17.7. The lowest BCUT2D eigenvalue weighted by molar-refractivity contribution is 0.238. The molecule has 1 atom stereocenters. The van der Waals surface area contributed by atoms with Gasteiger partial charge in [-0.3, -0.25) is 4.98 Å². The number of aliphatic hydroxyl groups is 1. The van der Waals surface area contributed by atoms with Crippen LogP contribution in [-0.2, 0) is 6.54 Å².